The van der Waals surface area contributed by atoms with E-state index in [1.807, 2.05) is 88.4 Å². The summed E-state index contributed by atoms with van der Waals surface area (Å²) < 4.78 is 12.7. The molecule has 2 saturated heterocycles. The van der Waals surface area contributed by atoms with Crippen molar-refractivity contribution in [2.45, 2.75) is 63.8 Å². The summed E-state index contributed by atoms with van der Waals surface area (Å²) in [6.07, 6.45) is 8.33. The van der Waals surface area contributed by atoms with Crippen molar-refractivity contribution in [3.63, 3.8) is 0 Å². The summed E-state index contributed by atoms with van der Waals surface area (Å²) in [4.78, 5) is 49.1. The zero-order valence-corrected chi connectivity index (χ0v) is 26.9. The molecule has 0 aromatic heterocycles. The number of carbonyl (C=O) groups is 3. The van der Waals surface area contributed by atoms with Gasteiger partial charge in [0.1, 0.15) is 17.4 Å². The Balaban J connectivity index is 1.49. The topological polar surface area (TPSA) is 99.6 Å². The van der Waals surface area contributed by atoms with Crippen molar-refractivity contribution >= 4 is 40.7 Å². The van der Waals surface area contributed by atoms with Crippen LogP contribution in [0.2, 0.25) is 5.02 Å². The fraction of sp³-hybridized carbons (Fsp3) is 0.457. The maximum atomic E-state index is 14.8. The molecule has 2 aromatic carbocycles. The SMILES string of the molecule is CCOc1ccc(N2CC=C[C@]3(CC)O[C@]45C=CCN(c6c(C)cccc6Cl)C(=O)C4N([C@@H](CC)CO)C(=O)[C@@H]5[C@@H]3C2=O)cc1. The number of anilines is 2. The number of fused-ring (bicyclic) bond motifs is 2. The van der Waals surface area contributed by atoms with Crippen LogP contribution in [0.15, 0.2) is 66.8 Å². The van der Waals surface area contributed by atoms with Gasteiger partial charge in [0, 0.05) is 18.8 Å². The molecule has 0 bridgehead atoms. The highest BCUT2D eigenvalue weighted by atomic mass is 35.5. The second kappa shape index (κ2) is 11.9. The quantitative estimate of drug-likeness (QED) is 0.424. The van der Waals surface area contributed by atoms with Crippen molar-refractivity contribution in [2.24, 2.45) is 11.8 Å². The average Bonchev–Trinajstić information content (AvgIpc) is 3.32. The van der Waals surface area contributed by atoms with Crippen molar-refractivity contribution in [2.75, 3.05) is 36.1 Å². The zero-order valence-electron chi connectivity index (χ0n) is 26.1. The Hall–Kier alpha value is -3.66. The van der Waals surface area contributed by atoms with E-state index in [-0.39, 0.29) is 30.9 Å². The second-order valence-corrected chi connectivity index (χ2v) is 12.6. The van der Waals surface area contributed by atoms with Crippen LogP contribution in [0.25, 0.3) is 0 Å². The minimum atomic E-state index is -1.44. The lowest BCUT2D eigenvalue weighted by Gasteiger charge is -2.40. The number of aliphatic hydroxyl groups excluding tert-OH is 1. The van der Waals surface area contributed by atoms with Gasteiger partial charge in [-0.1, -0.05) is 61.9 Å². The molecule has 0 aliphatic carbocycles. The molecule has 4 aliphatic heterocycles. The van der Waals surface area contributed by atoms with Gasteiger partial charge >= 0.3 is 0 Å². The molecule has 9 nitrogen and oxygen atoms in total. The molecular formula is C35H40ClN3O6. The number of likely N-dealkylation sites (tertiary alicyclic amines) is 1. The van der Waals surface area contributed by atoms with Gasteiger partial charge in [-0.3, -0.25) is 14.4 Å². The van der Waals surface area contributed by atoms with Gasteiger partial charge in [-0.25, -0.2) is 0 Å². The van der Waals surface area contributed by atoms with Crippen molar-refractivity contribution in [1.82, 2.24) is 4.90 Å². The highest BCUT2D eigenvalue weighted by Crippen LogP contribution is 2.59. The van der Waals surface area contributed by atoms with E-state index in [0.29, 0.717) is 48.1 Å². The number of rotatable bonds is 8. The normalized spacial score (nSPS) is 29.8. The zero-order chi connectivity index (χ0) is 32.1. The van der Waals surface area contributed by atoms with Gasteiger partial charge in [0.15, 0.2) is 0 Å². The molecule has 0 radical (unpaired) electrons. The first-order chi connectivity index (χ1) is 21.7. The lowest BCUT2D eigenvalue weighted by Crippen LogP contribution is -2.59. The molecule has 2 aromatic rings. The van der Waals surface area contributed by atoms with Crippen LogP contribution in [-0.2, 0) is 19.1 Å². The number of nitrogens with zero attached hydrogens (tertiary/aromatic N) is 3. The number of aliphatic hydroxyl groups is 1. The number of para-hydroxylation sites is 1. The molecule has 45 heavy (non-hydrogen) atoms. The van der Waals surface area contributed by atoms with Gasteiger partial charge in [-0.05, 0) is 62.6 Å². The molecule has 6 rings (SSSR count). The fourth-order valence-electron chi connectivity index (χ4n) is 7.79. The maximum absolute atomic E-state index is 14.8. The van der Waals surface area contributed by atoms with E-state index in [9.17, 15) is 19.5 Å². The number of carbonyl (C=O) groups excluding carboxylic acids is 3. The number of hydrogen-bond donors (Lipinski definition) is 1. The maximum Gasteiger partial charge on any atom is 0.253 e. The Bertz CT molecular complexity index is 1530. The molecule has 3 amide bonds. The molecule has 238 valence electrons. The number of amides is 3. The molecule has 6 atom stereocenters. The van der Waals surface area contributed by atoms with Crippen LogP contribution >= 0.6 is 11.6 Å². The molecule has 4 aliphatic rings. The van der Waals surface area contributed by atoms with Gasteiger partial charge in [0.05, 0.1) is 47.4 Å². The Morgan fingerprint density at radius 2 is 1.67 bits per heavy atom. The summed E-state index contributed by atoms with van der Waals surface area (Å²) in [6.45, 7) is 8.31. The summed E-state index contributed by atoms with van der Waals surface area (Å²) in [5.41, 5.74) is -0.511. The molecule has 0 saturated carbocycles. The smallest absolute Gasteiger partial charge is 0.253 e. The van der Waals surface area contributed by atoms with Gasteiger partial charge < -0.3 is 29.3 Å². The fourth-order valence-corrected chi connectivity index (χ4v) is 8.12. The van der Waals surface area contributed by atoms with Crippen LogP contribution in [0.4, 0.5) is 11.4 Å². The van der Waals surface area contributed by atoms with Gasteiger partial charge in [0.25, 0.3) is 5.91 Å². The van der Waals surface area contributed by atoms with Crippen LogP contribution in [0.3, 0.4) is 0 Å². The average molecular weight is 634 g/mol. The van der Waals surface area contributed by atoms with Crippen LogP contribution in [0.1, 0.15) is 39.2 Å². The minimum Gasteiger partial charge on any atom is -0.494 e. The van der Waals surface area contributed by atoms with Gasteiger partial charge in [0.2, 0.25) is 11.8 Å². The van der Waals surface area contributed by atoms with Gasteiger partial charge in [-0.15, -0.1) is 0 Å². The Kier molecular flexibility index (Phi) is 8.31. The summed E-state index contributed by atoms with van der Waals surface area (Å²) in [5, 5.41) is 10.9. The summed E-state index contributed by atoms with van der Waals surface area (Å²) in [7, 11) is 0. The number of aryl methyl sites for hydroxylation is 1. The predicted molar refractivity (Wildman–Crippen MR) is 172 cm³/mol. The highest BCUT2D eigenvalue weighted by molar-refractivity contribution is 6.34. The summed E-state index contributed by atoms with van der Waals surface area (Å²) in [6, 6.07) is 11.0. The molecule has 4 heterocycles. The lowest BCUT2D eigenvalue weighted by molar-refractivity contribution is -0.149. The Morgan fingerprint density at radius 3 is 2.31 bits per heavy atom. The van der Waals surface area contributed by atoms with Crippen molar-refractivity contribution in [1.29, 1.82) is 0 Å². The predicted octanol–water partition coefficient (Wildman–Crippen LogP) is 4.68. The molecular weight excluding hydrogens is 594 g/mol. The van der Waals surface area contributed by atoms with Crippen LogP contribution in [0, 0.1) is 18.8 Å². The third kappa shape index (κ3) is 4.70. The van der Waals surface area contributed by atoms with E-state index >= 15 is 0 Å². The molecule has 1 N–H and O–H groups in total. The molecule has 1 unspecified atom stereocenters. The van der Waals surface area contributed by atoms with E-state index in [1.54, 1.807) is 15.9 Å². The first-order valence-electron chi connectivity index (χ1n) is 15.8. The Labute approximate surface area is 269 Å². The highest BCUT2D eigenvalue weighted by Gasteiger charge is 2.76. The summed E-state index contributed by atoms with van der Waals surface area (Å²) >= 11 is 6.66. The standard InChI is InChI=1S/C35H40ClN3O6/c1-5-23(21-40)39-30-33(43)38(29-22(4)11-8-12-26(29)36)20-10-18-35(30)28(32(39)42)27-31(41)37(19-9-17-34(27,6-2)45-35)24-13-15-25(16-14-24)44-7-3/h8-18,23,27-28,30,40H,5-7,19-21H2,1-4H3/t23-,27+,28-,30?,34-,35-/m0/s1. The van der Waals surface area contributed by atoms with E-state index in [0.717, 1.165) is 5.56 Å². The Morgan fingerprint density at radius 1 is 0.956 bits per heavy atom. The van der Waals surface area contributed by atoms with E-state index in [4.69, 9.17) is 21.1 Å². The van der Waals surface area contributed by atoms with Crippen molar-refractivity contribution in [3.05, 3.63) is 77.4 Å². The van der Waals surface area contributed by atoms with Crippen molar-refractivity contribution in [3.8, 4) is 5.75 Å². The summed E-state index contributed by atoms with van der Waals surface area (Å²) in [5.74, 6) is -2.17. The third-order valence-corrected chi connectivity index (χ3v) is 10.2. The van der Waals surface area contributed by atoms with E-state index < -0.39 is 35.1 Å². The first-order valence-corrected chi connectivity index (χ1v) is 16.1. The van der Waals surface area contributed by atoms with Crippen LogP contribution in [-0.4, -0.2) is 77.3 Å². The van der Waals surface area contributed by atoms with Crippen LogP contribution < -0.4 is 14.5 Å². The van der Waals surface area contributed by atoms with E-state index in [2.05, 4.69) is 0 Å². The van der Waals surface area contributed by atoms with Crippen molar-refractivity contribution < 1.29 is 29.0 Å². The third-order valence-electron chi connectivity index (χ3n) is 9.87. The number of ether oxygens (including phenoxy) is 2. The number of hydrogen-bond acceptors (Lipinski definition) is 6. The number of halogens is 1. The van der Waals surface area contributed by atoms with Gasteiger partial charge in [-0.2, -0.15) is 0 Å². The minimum absolute atomic E-state index is 0.210. The second-order valence-electron chi connectivity index (χ2n) is 12.1. The first kappa shape index (κ1) is 31.3. The largest absolute Gasteiger partial charge is 0.494 e. The molecule has 10 heteroatoms. The van der Waals surface area contributed by atoms with Crippen LogP contribution in [0.5, 0.6) is 5.75 Å². The molecule has 1 spiro atoms. The van der Waals surface area contributed by atoms with E-state index in [1.165, 1.54) is 4.90 Å². The molecule has 2 fully saturated rings. The monoisotopic (exact) mass is 633 g/mol. The lowest BCUT2D eigenvalue weighted by atomic mass is 9.73. The number of benzene rings is 2.